The van der Waals surface area contributed by atoms with Crippen LogP contribution in [-0.4, -0.2) is 36.3 Å². The third kappa shape index (κ3) is 4.07. The van der Waals surface area contributed by atoms with Gasteiger partial charge in [-0.1, -0.05) is 20.8 Å². The van der Waals surface area contributed by atoms with Crippen molar-refractivity contribution in [3.05, 3.63) is 11.9 Å². The van der Waals surface area contributed by atoms with Crippen molar-refractivity contribution >= 4 is 5.82 Å². The van der Waals surface area contributed by atoms with E-state index in [1.54, 1.807) is 0 Å². The lowest BCUT2D eigenvalue weighted by molar-refractivity contribution is -0.0120. The van der Waals surface area contributed by atoms with E-state index in [4.69, 9.17) is 9.47 Å². The first-order valence-electron chi connectivity index (χ1n) is 7.31. The number of aromatic nitrogens is 2. The van der Waals surface area contributed by atoms with Gasteiger partial charge in [0.1, 0.15) is 18.2 Å². The van der Waals surface area contributed by atoms with Crippen molar-refractivity contribution in [2.75, 3.05) is 25.6 Å². The van der Waals surface area contributed by atoms with E-state index < -0.39 is 0 Å². The van der Waals surface area contributed by atoms with Gasteiger partial charge in [0.05, 0.1) is 6.10 Å². The Kier molecular flexibility index (Phi) is 4.81. The van der Waals surface area contributed by atoms with E-state index >= 15 is 0 Å². The predicted molar refractivity (Wildman–Crippen MR) is 79.4 cm³/mol. The van der Waals surface area contributed by atoms with Crippen molar-refractivity contribution in [1.82, 2.24) is 9.97 Å². The quantitative estimate of drug-likeness (QED) is 0.918. The Hall–Kier alpha value is -1.36. The predicted octanol–water partition coefficient (Wildman–Crippen LogP) is 2.76. The molecule has 1 aromatic rings. The molecule has 1 saturated heterocycles. The molecule has 112 valence electrons. The fourth-order valence-electron chi connectivity index (χ4n) is 2.08. The van der Waals surface area contributed by atoms with Crippen molar-refractivity contribution in [1.29, 1.82) is 0 Å². The molecule has 2 heterocycles. The van der Waals surface area contributed by atoms with E-state index in [1.807, 2.05) is 13.1 Å². The lowest BCUT2D eigenvalue weighted by Crippen LogP contribution is -2.26. The second-order valence-corrected chi connectivity index (χ2v) is 6.21. The number of hydrogen-bond donors (Lipinski definition) is 1. The van der Waals surface area contributed by atoms with E-state index in [9.17, 15) is 0 Å². The zero-order valence-corrected chi connectivity index (χ0v) is 12.9. The smallest absolute Gasteiger partial charge is 0.218 e. The van der Waals surface area contributed by atoms with E-state index in [0.29, 0.717) is 12.5 Å². The molecule has 0 bridgehead atoms. The zero-order valence-electron chi connectivity index (χ0n) is 12.9. The Morgan fingerprint density at radius 1 is 1.35 bits per heavy atom. The average molecular weight is 279 g/mol. The molecule has 0 amide bonds. The lowest BCUT2D eigenvalue weighted by Gasteiger charge is -2.23. The van der Waals surface area contributed by atoms with Crippen LogP contribution >= 0.6 is 0 Å². The van der Waals surface area contributed by atoms with Gasteiger partial charge in [-0.3, -0.25) is 0 Å². The Labute approximate surface area is 121 Å². The SMILES string of the molecule is CNc1cc(OCC2CCCCO2)nc(C(C)(C)C)n1. The van der Waals surface area contributed by atoms with Gasteiger partial charge in [0.25, 0.3) is 0 Å². The van der Waals surface area contributed by atoms with Gasteiger partial charge in [-0.15, -0.1) is 0 Å². The van der Waals surface area contributed by atoms with Crippen molar-refractivity contribution in [3.63, 3.8) is 0 Å². The lowest BCUT2D eigenvalue weighted by atomic mass is 9.96. The third-order valence-corrected chi connectivity index (χ3v) is 3.32. The van der Waals surface area contributed by atoms with E-state index in [2.05, 4.69) is 36.1 Å². The summed E-state index contributed by atoms with van der Waals surface area (Å²) in [4.78, 5) is 8.99. The first-order valence-corrected chi connectivity index (χ1v) is 7.31. The molecule has 1 unspecified atom stereocenters. The summed E-state index contributed by atoms with van der Waals surface area (Å²) in [6.07, 6.45) is 3.63. The van der Waals surface area contributed by atoms with Crippen LogP contribution in [0.3, 0.4) is 0 Å². The van der Waals surface area contributed by atoms with Crippen LogP contribution in [0.4, 0.5) is 5.82 Å². The molecule has 0 radical (unpaired) electrons. The van der Waals surface area contributed by atoms with Crippen molar-refractivity contribution < 1.29 is 9.47 Å². The molecule has 1 N–H and O–H groups in total. The summed E-state index contributed by atoms with van der Waals surface area (Å²) in [5.41, 5.74) is -0.105. The fourth-order valence-corrected chi connectivity index (χ4v) is 2.08. The van der Waals surface area contributed by atoms with Gasteiger partial charge in [0.15, 0.2) is 0 Å². The summed E-state index contributed by atoms with van der Waals surface area (Å²) in [6, 6.07) is 1.83. The molecule has 1 aliphatic heterocycles. The molecular formula is C15H25N3O2. The number of ether oxygens (including phenoxy) is 2. The molecular weight excluding hydrogens is 254 g/mol. The molecule has 20 heavy (non-hydrogen) atoms. The van der Waals surface area contributed by atoms with E-state index in [-0.39, 0.29) is 11.5 Å². The fraction of sp³-hybridized carbons (Fsp3) is 0.733. The topological polar surface area (TPSA) is 56.3 Å². The molecule has 2 rings (SSSR count). The van der Waals surface area contributed by atoms with Crippen LogP contribution in [0.5, 0.6) is 5.88 Å². The second kappa shape index (κ2) is 6.39. The van der Waals surface area contributed by atoms with E-state index in [0.717, 1.165) is 31.1 Å². The summed E-state index contributed by atoms with van der Waals surface area (Å²) in [7, 11) is 1.85. The minimum absolute atomic E-state index is 0.105. The summed E-state index contributed by atoms with van der Waals surface area (Å²) < 4.78 is 11.5. The Morgan fingerprint density at radius 2 is 2.15 bits per heavy atom. The minimum Gasteiger partial charge on any atom is -0.475 e. The molecule has 1 aliphatic rings. The van der Waals surface area contributed by atoms with Crippen LogP contribution in [0.25, 0.3) is 0 Å². The number of rotatable bonds is 4. The Bertz CT molecular complexity index is 437. The highest BCUT2D eigenvalue weighted by atomic mass is 16.5. The van der Waals surface area contributed by atoms with Crippen LogP contribution in [-0.2, 0) is 10.2 Å². The average Bonchev–Trinajstić information content (AvgIpc) is 2.45. The number of nitrogens with one attached hydrogen (secondary N) is 1. The van der Waals surface area contributed by atoms with Crippen LogP contribution in [0.2, 0.25) is 0 Å². The molecule has 1 aromatic heterocycles. The summed E-state index contributed by atoms with van der Waals surface area (Å²) >= 11 is 0. The maximum absolute atomic E-state index is 5.81. The number of anilines is 1. The maximum Gasteiger partial charge on any atom is 0.218 e. The number of hydrogen-bond acceptors (Lipinski definition) is 5. The molecule has 1 atom stereocenters. The first-order chi connectivity index (χ1) is 9.49. The van der Waals surface area contributed by atoms with Crippen LogP contribution < -0.4 is 10.1 Å². The molecule has 0 aromatic carbocycles. The molecule has 0 aliphatic carbocycles. The summed E-state index contributed by atoms with van der Waals surface area (Å²) in [6.45, 7) is 7.68. The standard InChI is InChI=1S/C15H25N3O2/c1-15(2,3)14-17-12(16-4)9-13(18-14)20-10-11-7-5-6-8-19-11/h9,11H,5-8,10H2,1-4H3,(H,16,17,18). The van der Waals surface area contributed by atoms with Gasteiger partial charge in [0.2, 0.25) is 5.88 Å². The van der Waals surface area contributed by atoms with Crippen molar-refractivity contribution in [3.8, 4) is 5.88 Å². The maximum atomic E-state index is 5.81. The van der Waals surface area contributed by atoms with Crippen LogP contribution in [0, 0.1) is 0 Å². The van der Waals surface area contributed by atoms with Gasteiger partial charge in [-0.2, -0.15) is 4.98 Å². The van der Waals surface area contributed by atoms with Gasteiger partial charge >= 0.3 is 0 Å². The van der Waals surface area contributed by atoms with Gasteiger partial charge in [-0.25, -0.2) is 4.98 Å². The highest BCUT2D eigenvalue weighted by molar-refractivity contribution is 5.38. The van der Waals surface area contributed by atoms with Crippen molar-refractivity contribution in [2.45, 2.75) is 51.6 Å². The molecule has 0 spiro atoms. The number of nitrogens with zero attached hydrogens (tertiary/aromatic N) is 2. The summed E-state index contributed by atoms with van der Waals surface area (Å²) in [5.74, 6) is 2.18. The highest BCUT2D eigenvalue weighted by Gasteiger charge is 2.20. The van der Waals surface area contributed by atoms with Crippen LogP contribution in [0.1, 0.15) is 45.9 Å². The zero-order chi connectivity index (χ0) is 14.6. The first kappa shape index (κ1) is 15.0. The van der Waals surface area contributed by atoms with E-state index in [1.165, 1.54) is 6.42 Å². The van der Waals surface area contributed by atoms with Gasteiger partial charge in [0, 0.05) is 25.1 Å². The minimum atomic E-state index is -0.105. The molecule has 5 heteroatoms. The highest BCUT2D eigenvalue weighted by Crippen LogP contribution is 2.23. The third-order valence-electron chi connectivity index (χ3n) is 3.32. The van der Waals surface area contributed by atoms with Gasteiger partial charge in [-0.05, 0) is 19.3 Å². The second-order valence-electron chi connectivity index (χ2n) is 6.21. The Morgan fingerprint density at radius 3 is 2.75 bits per heavy atom. The van der Waals surface area contributed by atoms with Crippen molar-refractivity contribution in [2.24, 2.45) is 0 Å². The monoisotopic (exact) mass is 279 g/mol. The molecule has 5 nitrogen and oxygen atoms in total. The Balaban J connectivity index is 2.06. The summed E-state index contributed by atoms with van der Waals surface area (Å²) in [5, 5.41) is 3.06. The largest absolute Gasteiger partial charge is 0.475 e. The molecule has 0 saturated carbocycles. The van der Waals surface area contributed by atoms with Crippen LogP contribution in [0.15, 0.2) is 6.07 Å². The normalized spacial score (nSPS) is 19.7. The molecule has 1 fully saturated rings. The van der Waals surface area contributed by atoms with Gasteiger partial charge < -0.3 is 14.8 Å².